The molecule has 1 nitrogen and oxygen atoms in total. The van der Waals surface area contributed by atoms with Crippen molar-refractivity contribution in [3.63, 3.8) is 0 Å². The minimum absolute atomic E-state index is 0.143. The van der Waals surface area contributed by atoms with E-state index in [4.69, 9.17) is 4.74 Å². The second-order valence-corrected chi connectivity index (χ2v) is 5.80. The molecular formula is C16H21FO. The topological polar surface area (TPSA) is 9.23 Å². The molecule has 0 spiro atoms. The smallest absolute Gasteiger partial charge is 0.168 e. The Kier molecular flexibility index (Phi) is 3.27. The summed E-state index contributed by atoms with van der Waals surface area (Å²) in [6.07, 6.45) is 7.43. The Labute approximate surface area is 108 Å². The van der Waals surface area contributed by atoms with Gasteiger partial charge < -0.3 is 4.74 Å². The lowest BCUT2D eigenvalue weighted by molar-refractivity contribution is 0.286. The molecule has 18 heavy (non-hydrogen) atoms. The van der Waals surface area contributed by atoms with Gasteiger partial charge in [0.1, 0.15) is 0 Å². The van der Waals surface area contributed by atoms with Gasteiger partial charge >= 0.3 is 0 Å². The number of hydrogen-bond donors (Lipinski definition) is 0. The number of benzene rings is 1. The lowest BCUT2D eigenvalue weighted by Gasteiger charge is -2.27. The zero-order valence-corrected chi connectivity index (χ0v) is 11.0. The first-order valence-corrected chi connectivity index (χ1v) is 7.17. The van der Waals surface area contributed by atoms with Gasteiger partial charge in [0.15, 0.2) is 11.6 Å². The molecule has 0 atom stereocenters. The molecule has 0 amide bonds. The van der Waals surface area contributed by atoms with E-state index in [2.05, 4.69) is 6.07 Å². The Morgan fingerprint density at radius 3 is 2.61 bits per heavy atom. The summed E-state index contributed by atoms with van der Waals surface area (Å²) in [6, 6.07) is 3.89. The van der Waals surface area contributed by atoms with Crippen LogP contribution in [0.15, 0.2) is 12.1 Å². The van der Waals surface area contributed by atoms with Crippen molar-refractivity contribution < 1.29 is 9.13 Å². The third-order valence-electron chi connectivity index (χ3n) is 4.42. The van der Waals surface area contributed by atoms with E-state index in [-0.39, 0.29) is 5.82 Å². The third-order valence-corrected chi connectivity index (χ3v) is 4.42. The summed E-state index contributed by atoms with van der Waals surface area (Å²) in [6.45, 7) is 2.54. The van der Waals surface area contributed by atoms with E-state index in [0.29, 0.717) is 18.3 Å². The van der Waals surface area contributed by atoms with Crippen LogP contribution in [0.1, 0.15) is 55.6 Å². The van der Waals surface area contributed by atoms with Gasteiger partial charge in [-0.15, -0.1) is 0 Å². The van der Waals surface area contributed by atoms with Crippen molar-refractivity contribution in [3.8, 4) is 5.75 Å². The average molecular weight is 248 g/mol. The minimum Gasteiger partial charge on any atom is -0.490 e. The average Bonchev–Trinajstić information content (AvgIpc) is 3.09. The minimum atomic E-state index is -0.143. The molecule has 1 aromatic rings. The molecule has 2 saturated carbocycles. The fraction of sp³-hybridized carbons (Fsp3) is 0.625. The van der Waals surface area contributed by atoms with Gasteiger partial charge in [0, 0.05) is 0 Å². The molecule has 0 unspecified atom stereocenters. The SMILES string of the molecule is Cc1c(C2CCC2)ccc(OCCC2CC2)c1F. The van der Waals surface area contributed by atoms with Crippen LogP contribution in [-0.4, -0.2) is 6.61 Å². The standard InChI is InChI=1S/C16H21FO/c1-11-14(13-3-2-4-13)7-8-15(16(11)17)18-10-9-12-5-6-12/h7-8,12-13H,2-6,9-10H2,1H3. The van der Waals surface area contributed by atoms with Crippen molar-refractivity contribution in [1.82, 2.24) is 0 Å². The maximum Gasteiger partial charge on any atom is 0.168 e. The highest BCUT2D eigenvalue weighted by Gasteiger charge is 2.24. The van der Waals surface area contributed by atoms with Gasteiger partial charge in [-0.3, -0.25) is 0 Å². The fourth-order valence-corrected chi connectivity index (χ4v) is 2.69. The first kappa shape index (κ1) is 12.0. The van der Waals surface area contributed by atoms with Crippen molar-refractivity contribution in [1.29, 1.82) is 0 Å². The van der Waals surface area contributed by atoms with Crippen molar-refractivity contribution in [2.24, 2.45) is 5.92 Å². The highest BCUT2D eigenvalue weighted by Crippen LogP contribution is 2.40. The van der Waals surface area contributed by atoms with Crippen LogP contribution in [0.25, 0.3) is 0 Å². The van der Waals surface area contributed by atoms with Gasteiger partial charge in [-0.1, -0.05) is 25.3 Å². The van der Waals surface area contributed by atoms with Gasteiger partial charge in [-0.2, -0.15) is 0 Å². The quantitative estimate of drug-likeness (QED) is 0.741. The second-order valence-electron chi connectivity index (χ2n) is 5.80. The van der Waals surface area contributed by atoms with Crippen molar-refractivity contribution in [2.75, 3.05) is 6.61 Å². The molecule has 2 heteroatoms. The van der Waals surface area contributed by atoms with E-state index in [1.807, 2.05) is 13.0 Å². The first-order chi connectivity index (χ1) is 8.75. The molecule has 98 valence electrons. The Balaban J connectivity index is 1.67. The highest BCUT2D eigenvalue weighted by atomic mass is 19.1. The fourth-order valence-electron chi connectivity index (χ4n) is 2.69. The Hall–Kier alpha value is -1.05. The highest BCUT2D eigenvalue weighted by molar-refractivity contribution is 5.39. The Bertz CT molecular complexity index is 433. The van der Waals surface area contributed by atoms with Crippen molar-refractivity contribution in [3.05, 3.63) is 29.1 Å². The molecule has 2 aliphatic carbocycles. The van der Waals surface area contributed by atoms with Gasteiger partial charge in [-0.25, -0.2) is 4.39 Å². The number of ether oxygens (including phenoxy) is 1. The molecule has 0 radical (unpaired) electrons. The van der Waals surface area contributed by atoms with Crippen LogP contribution in [0.2, 0.25) is 0 Å². The van der Waals surface area contributed by atoms with Crippen LogP contribution >= 0.6 is 0 Å². The summed E-state index contributed by atoms with van der Waals surface area (Å²) in [4.78, 5) is 0. The van der Waals surface area contributed by atoms with Crippen LogP contribution in [0.3, 0.4) is 0 Å². The molecule has 2 fully saturated rings. The lowest BCUT2D eigenvalue weighted by Crippen LogP contribution is -2.11. The monoisotopic (exact) mass is 248 g/mol. The molecule has 0 heterocycles. The summed E-state index contributed by atoms with van der Waals surface area (Å²) in [5, 5.41) is 0. The van der Waals surface area contributed by atoms with Gasteiger partial charge in [0.25, 0.3) is 0 Å². The maximum atomic E-state index is 14.2. The van der Waals surface area contributed by atoms with Gasteiger partial charge in [0.2, 0.25) is 0 Å². The third kappa shape index (κ3) is 2.38. The van der Waals surface area contributed by atoms with Gasteiger partial charge in [0.05, 0.1) is 6.61 Å². The predicted molar refractivity (Wildman–Crippen MR) is 70.6 cm³/mol. The van der Waals surface area contributed by atoms with E-state index in [1.54, 1.807) is 0 Å². The van der Waals surface area contributed by atoms with E-state index in [0.717, 1.165) is 17.9 Å². The zero-order valence-electron chi connectivity index (χ0n) is 11.0. The Morgan fingerprint density at radius 2 is 2.00 bits per heavy atom. The Morgan fingerprint density at radius 1 is 1.22 bits per heavy atom. The number of rotatable bonds is 5. The summed E-state index contributed by atoms with van der Waals surface area (Å²) in [5.41, 5.74) is 1.98. The van der Waals surface area contributed by atoms with Crippen LogP contribution in [0.5, 0.6) is 5.75 Å². The van der Waals surface area contributed by atoms with E-state index >= 15 is 0 Å². The van der Waals surface area contributed by atoms with E-state index in [1.165, 1.54) is 37.7 Å². The molecule has 3 rings (SSSR count). The summed E-state index contributed by atoms with van der Waals surface area (Å²) >= 11 is 0. The molecule has 0 aliphatic heterocycles. The van der Waals surface area contributed by atoms with Crippen LogP contribution in [0.4, 0.5) is 4.39 Å². The van der Waals surface area contributed by atoms with E-state index in [9.17, 15) is 4.39 Å². The molecule has 0 aromatic heterocycles. The maximum absolute atomic E-state index is 14.2. The second kappa shape index (κ2) is 4.91. The number of hydrogen-bond acceptors (Lipinski definition) is 1. The van der Waals surface area contributed by atoms with Crippen molar-refractivity contribution in [2.45, 2.75) is 51.4 Å². The lowest BCUT2D eigenvalue weighted by atomic mass is 9.78. The number of halogens is 1. The van der Waals surface area contributed by atoms with Crippen molar-refractivity contribution >= 4 is 0 Å². The summed E-state index contributed by atoms with van der Waals surface area (Å²) in [5.74, 6) is 1.72. The largest absolute Gasteiger partial charge is 0.490 e. The molecule has 0 saturated heterocycles. The predicted octanol–water partition coefficient (Wildman–Crippen LogP) is 4.58. The van der Waals surface area contributed by atoms with Gasteiger partial charge in [-0.05, 0) is 55.2 Å². The molecule has 0 bridgehead atoms. The molecular weight excluding hydrogens is 227 g/mol. The van der Waals surface area contributed by atoms with Crippen LogP contribution in [0, 0.1) is 18.7 Å². The normalized spacial score (nSPS) is 19.7. The molecule has 1 aromatic carbocycles. The van der Waals surface area contributed by atoms with Crippen LogP contribution < -0.4 is 4.74 Å². The summed E-state index contributed by atoms with van der Waals surface area (Å²) in [7, 11) is 0. The molecule has 0 N–H and O–H groups in total. The first-order valence-electron chi connectivity index (χ1n) is 7.17. The van der Waals surface area contributed by atoms with Crippen LogP contribution in [-0.2, 0) is 0 Å². The van der Waals surface area contributed by atoms with E-state index < -0.39 is 0 Å². The molecule has 2 aliphatic rings. The zero-order chi connectivity index (χ0) is 12.5. The summed E-state index contributed by atoms with van der Waals surface area (Å²) < 4.78 is 19.8.